The summed E-state index contributed by atoms with van der Waals surface area (Å²) < 4.78 is 0. The number of rotatable bonds is 2. The molecule has 1 aromatic heterocycles. The standard InChI is InChI=1S/C9H12BrN/c1-7(10)6-9-4-3-5-11-8(9)2/h3-5,7H,6H2,1-2H3. The second-order valence-electron chi connectivity index (χ2n) is 2.73. The zero-order valence-electron chi connectivity index (χ0n) is 6.84. The van der Waals surface area contributed by atoms with Gasteiger partial charge >= 0.3 is 0 Å². The lowest BCUT2D eigenvalue weighted by molar-refractivity contribution is 0.930. The van der Waals surface area contributed by atoms with E-state index in [1.807, 2.05) is 19.2 Å². The first kappa shape index (κ1) is 8.72. The molecule has 0 amide bonds. The number of pyridine rings is 1. The third-order valence-corrected chi connectivity index (χ3v) is 1.94. The molecule has 1 atom stereocenters. The Morgan fingerprint density at radius 2 is 2.36 bits per heavy atom. The van der Waals surface area contributed by atoms with E-state index in [2.05, 4.69) is 33.9 Å². The SMILES string of the molecule is Cc1ncccc1CC(C)Br. The average molecular weight is 214 g/mol. The van der Waals surface area contributed by atoms with Gasteiger partial charge in [0.15, 0.2) is 0 Å². The van der Waals surface area contributed by atoms with Crippen LogP contribution in [0.2, 0.25) is 0 Å². The van der Waals surface area contributed by atoms with Crippen molar-refractivity contribution in [2.24, 2.45) is 0 Å². The second-order valence-corrected chi connectivity index (χ2v) is 4.30. The number of hydrogen-bond donors (Lipinski definition) is 0. The molecule has 60 valence electrons. The summed E-state index contributed by atoms with van der Waals surface area (Å²) in [6.07, 6.45) is 2.89. The van der Waals surface area contributed by atoms with E-state index in [1.54, 1.807) is 0 Å². The maximum absolute atomic E-state index is 4.21. The molecule has 1 heterocycles. The van der Waals surface area contributed by atoms with Gasteiger partial charge in [0.2, 0.25) is 0 Å². The van der Waals surface area contributed by atoms with Gasteiger partial charge in [-0.15, -0.1) is 0 Å². The quantitative estimate of drug-likeness (QED) is 0.689. The van der Waals surface area contributed by atoms with Crippen LogP contribution in [0.25, 0.3) is 0 Å². The summed E-state index contributed by atoms with van der Waals surface area (Å²) in [6, 6.07) is 4.11. The Bertz CT molecular complexity index is 233. The Hall–Kier alpha value is -0.370. The van der Waals surface area contributed by atoms with Gasteiger partial charge in [-0.25, -0.2) is 0 Å². The van der Waals surface area contributed by atoms with Crippen LogP contribution in [0, 0.1) is 6.92 Å². The summed E-state index contributed by atoms with van der Waals surface area (Å²) in [5.74, 6) is 0. The van der Waals surface area contributed by atoms with Crippen LogP contribution in [-0.2, 0) is 6.42 Å². The highest BCUT2D eigenvalue weighted by Crippen LogP contribution is 2.11. The molecule has 0 bridgehead atoms. The minimum absolute atomic E-state index is 0.533. The summed E-state index contributed by atoms with van der Waals surface area (Å²) in [5, 5.41) is 0. The van der Waals surface area contributed by atoms with Crippen molar-refractivity contribution in [3.63, 3.8) is 0 Å². The minimum Gasteiger partial charge on any atom is -0.261 e. The minimum atomic E-state index is 0.533. The van der Waals surface area contributed by atoms with Gasteiger partial charge in [0.1, 0.15) is 0 Å². The lowest BCUT2D eigenvalue weighted by Crippen LogP contribution is -1.99. The van der Waals surface area contributed by atoms with E-state index in [0.29, 0.717) is 4.83 Å². The van der Waals surface area contributed by atoms with Gasteiger partial charge in [0, 0.05) is 16.7 Å². The highest BCUT2D eigenvalue weighted by atomic mass is 79.9. The Labute approximate surface area is 76.0 Å². The maximum Gasteiger partial charge on any atom is 0.0404 e. The molecule has 1 unspecified atom stereocenters. The number of aryl methyl sites for hydroxylation is 1. The molecular formula is C9H12BrN. The first-order valence-electron chi connectivity index (χ1n) is 3.74. The predicted octanol–water partition coefficient (Wildman–Crippen LogP) is 2.72. The smallest absolute Gasteiger partial charge is 0.0404 e. The van der Waals surface area contributed by atoms with Crippen LogP contribution in [0.5, 0.6) is 0 Å². The summed E-state index contributed by atoms with van der Waals surface area (Å²) in [4.78, 5) is 4.74. The molecule has 0 aliphatic heterocycles. The Kier molecular flexibility index (Phi) is 3.06. The summed E-state index contributed by atoms with van der Waals surface area (Å²) in [6.45, 7) is 4.19. The molecule has 0 fully saturated rings. The highest BCUT2D eigenvalue weighted by molar-refractivity contribution is 9.09. The van der Waals surface area contributed by atoms with Crippen molar-refractivity contribution in [1.29, 1.82) is 0 Å². The zero-order valence-corrected chi connectivity index (χ0v) is 8.43. The van der Waals surface area contributed by atoms with Crippen LogP contribution >= 0.6 is 15.9 Å². The maximum atomic E-state index is 4.21. The van der Waals surface area contributed by atoms with Crippen LogP contribution < -0.4 is 0 Å². The normalized spacial score (nSPS) is 13.0. The van der Waals surface area contributed by atoms with E-state index < -0.39 is 0 Å². The van der Waals surface area contributed by atoms with E-state index >= 15 is 0 Å². The molecule has 1 aromatic rings. The van der Waals surface area contributed by atoms with Crippen molar-refractivity contribution >= 4 is 15.9 Å². The van der Waals surface area contributed by atoms with Gasteiger partial charge in [-0.3, -0.25) is 4.98 Å². The van der Waals surface area contributed by atoms with Crippen LogP contribution in [0.3, 0.4) is 0 Å². The van der Waals surface area contributed by atoms with Gasteiger partial charge in [-0.05, 0) is 25.0 Å². The first-order chi connectivity index (χ1) is 5.20. The molecule has 0 saturated heterocycles. The first-order valence-corrected chi connectivity index (χ1v) is 4.66. The fraction of sp³-hybridized carbons (Fsp3) is 0.444. The fourth-order valence-corrected chi connectivity index (χ4v) is 1.39. The molecule has 0 aliphatic rings. The van der Waals surface area contributed by atoms with Crippen molar-refractivity contribution in [1.82, 2.24) is 4.98 Å². The van der Waals surface area contributed by atoms with E-state index in [4.69, 9.17) is 0 Å². The van der Waals surface area contributed by atoms with Gasteiger partial charge in [-0.2, -0.15) is 0 Å². The van der Waals surface area contributed by atoms with E-state index in [-0.39, 0.29) is 0 Å². The lowest BCUT2D eigenvalue weighted by Gasteiger charge is -2.04. The summed E-state index contributed by atoms with van der Waals surface area (Å²) in [5.41, 5.74) is 2.47. The summed E-state index contributed by atoms with van der Waals surface area (Å²) >= 11 is 3.52. The molecule has 1 rings (SSSR count). The van der Waals surface area contributed by atoms with Crippen LogP contribution in [0.15, 0.2) is 18.3 Å². The fourth-order valence-electron chi connectivity index (χ4n) is 1.04. The van der Waals surface area contributed by atoms with Crippen LogP contribution in [0.1, 0.15) is 18.2 Å². The number of alkyl halides is 1. The molecule has 2 heteroatoms. The molecule has 1 nitrogen and oxygen atoms in total. The number of halogens is 1. The van der Waals surface area contributed by atoms with Crippen LogP contribution in [0.4, 0.5) is 0 Å². The van der Waals surface area contributed by atoms with Crippen LogP contribution in [-0.4, -0.2) is 9.81 Å². The number of hydrogen-bond acceptors (Lipinski definition) is 1. The molecular weight excluding hydrogens is 202 g/mol. The zero-order chi connectivity index (χ0) is 8.27. The second kappa shape index (κ2) is 3.86. The third-order valence-electron chi connectivity index (χ3n) is 1.62. The van der Waals surface area contributed by atoms with Gasteiger partial charge in [0.25, 0.3) is 0 Å². The van der Waals surface area contributed by atoms with Crippen molar-refractivity contribution in [2.75, 3.05) is 0 Å². The largest absolute Gasteiger partial charge is 0.261 e. The van der Waals surface area contributed by atoms with Crippen molar-refractivity contribution in [3.05, 3.63) is 29.6 Å². The van der Waals surface area contributed by atoms with Gasteiger partial charge < -0.3 is 0 Å². The Balaban J connectivity index is 2.78. The van der Waals surface area contributed by atoms with Gasteiger partial charge in [-0.1, -0.05) is 28.9 Å². The summed E-state index contributed by atoms with van der Waals surface area (Å²) in [7, 11) is 0. The molecule has 0 saturated carbocycles. The third kappa shape index (κ3) is 2.62. The lowest BCUT2D eigenvalue weighted by atomic mass is 10.1. The van der Waals surface area contributed by atoms with Crippen molar-refractivity contribution in [3.8, 4) is 0 Å². The van der Waals surface area contributed by atoms with Crippen molar-refractivity contribution in [2.45, 2.75) is 25.1 Å². The van der Waals surface area contributed by atoms with Gasteiger partial charge in [0.05, 0.1) is 0 Å². The predicted molar refractivity (Wildman–Crippen MR) is 51.1 cm³/mol. The number of nitrogens with zero attached hydrogens (tertiary/aromatic N) is 1. The number of aromatic nitrogens is 1. The Morgan fingerprint density at radius 1 is 1.64 bits per heavy atom. The van der Waals surface area contributed by atoms with E-state index in [0.717, 1.165) is 12.1 Å². The molecule has 0 radical (unpaired) electrons. The Morgan fingerprint density at radius 3 is 2.91 bits per heavy atom. The topological polar surface area (TPSA) is 12.9 Å². The molecule has 0 aliphatic carbocycles. The van der Waals surface area contributed by atoms with E-state index in [1.165, 1.54) is 5.56 Å². The molecule has 0 spiro atoms. The molecule has 0 aromatic carbocycles. The monoisotopic (exact) mass is 213 g/mol. The average Bonchev–Trinajstić information content (AvgIpc) is 1.93. The van der Waals surface area contributed by atoms with E-state index in [9.17, 15) is 0 Å². The molecule has 11 heavy (non-hydrogen) atoms. The molecule has 0 N–H and O–H groups in total. The highest BCUT2D eigenvalue weighted by Gasteiger charge is 2.01. The van der Waals surface area contributed by atoms with Crippen molar-refractivity contribution < 1.29 is 0 Å².